The summed E-state index contributed by atoms with van der Waals surface area (Å²) in [6.07, 6.45) is 88.4. The molecule has 83 heavy (non-hydrogen) atoms. The van der Waals surface area contributed by atoms with E-state index in [1.807, 2.05) is 21.1 Å². The zero-order chi connectivity index (χ0) is 60.5. The Morgan fingerprint density at radius 2 is 0.687 bits per heavy atom. The third-order valence-corrected chi connectivity index (χ3v) is 13.9. The fourth-order valence-electron chi connectivity index (χ4n) is 8.80. The summed E-state index contributed by atoms with van der Waals surface area (Å²) in [5.41, 5.74) is 0. The third kappa shape index (κ3) is 64.8. The number of rotatable bonds is 60. The molecule has 0 aromatic heterocycles. The van der Waals surface area contributed by atoms with E-state index >= 15 is 0 Å². The van der Waals surface area contributed by atoms with Gasteiger partial charge in [0.15, 0.2) is 6.10 Å². The number of carboxylic acid groups (broad SMARTS) is 1. The standard InChI is InChI=1S/C74H123NO8/c1-6-8-10-12-14-16-18-20-22-24-26-28-30-32-34-35-36-37-39-40-42-44-46-48-50-52-54-56-58-60-62-64-71(76)81-68-70(69-82-74(73(78)79)80-67-66-75(3,4)5)83-72(77)65-63-61-59-57-55-53-51-49-47-45-43-41-38-33-31-29-27-25-23-21-19-17-15-13-11-9-7-2/h9,11,15,17-18,20-21,23-24,26-27,29-30,32-33,38,43,45,49,51,55,57,70,74H,6-8,10,12-14,16,19,22,25,28,31,34-37,39-42,44,46-48,50,52-54,56,58-69H2,1-5H3/p+1/b11-9-,17-15-,20-18-,23-21-,26-24-,29-27-,32-30-,38-33-,45-43-,51-49-,57-55-. The van der Waals surface area contributed by atoms with Crippen LogP contribution in [0.3, 0.4) is 0 Å². The maximum atomic E-state index is 12.9. The van der Waals surface area contributed by atoms with Gasteiger partial charge in [0.2, 0.25) is 0 Å². The van der Waals surface area contributed by atoms with Gasteiger partial charge in [-0.2, -0.15) is 0 Å². The van der Waals surface area contributed by atoms with Crippen LogP contribution in [0, 0.1) is 0 Å². The average molecular weight is 1160 g/mol. The number of hydrogen-bond acceptors (Lipinski definition) is 7. The summed E-state index contributed by atoms with van der Waals surface area (Å²) >= 11 is 0. The van der Waals surface area contributed by atoms with Crippen LogP contribution in [-0.4, -0.2) is 87.4 Å². The molecule has 9 heteroatoms. The Hall–Kier alpha value is -4.57. The minimum absolute atomic E-state index is 0.172. The van der Waals surface area contributed by atoms with Crippen molar-refractivity contribution in [1.29, 1.82) is 0 Å². The Kier molecular flexibility index (Phi) is 60.0. The van der Waals surface area contributed by atoms with Gasteiger partial charge in [-0.1, -0.05) is 263 Å². The van der Waals surface area contributed by atoms with E-state index in [0.717, 1.165) is 96.3 Å². The van der Waals surface area contributed by atoms with E-state index in [1.54, 1.807) is 0 Å². The predicted octanol–water partition coefficient (Wildman–Crippen LogP) is 20.6. The molecule has 0 saturated carbocycles. The maximum absolute atomic E-state index is 12.9. The van der Waals surface area contributed by atoms with E-state index in [1.165, 1.54) is 128 Å². The largest absolute Gasteiger partial charge is 0.477 e. The molecule has 0 aliphatic rings. The molecule has 0 fully saturated rings. The molecule has 0 rings (SSSR count). The van der Waals surface area contributed by atoms with Crippen LogP contribution in [0.25, 0.3) is 0 Å². The molecule has 0 aromatic rings. The zero-order valence-corrected chi connectivity index (χ0v) is 53.8. The van der Waals surface area contributed by atoms with Gasteiger partial charge >= 0.3 is 17.9 Å². The lowest BCUT2D eigenvalue weighted by Gasteiger charge is -2.25. The van der Waals surface area contributed by atoms with E-state index < -0.39 is 24.3 Å². The van der Waals surface area contributed by atoms with Gasteiger partial charge in [0.1, 0.15) is 13.2 Å². The smallest absolute Gasteiger partial charge is 0.361 e. The van der Waals surface area contributed by atoms with Crippen LogP contribution in [0.4, 0.5) is 0 Å². The summed E-state index contributed by atoms with van der Waals surface area (Å²) in [6.45, 7) is 4.70. The van der Waals surface area contributed by atoms with E-state index in [2.05, 4.69) is 148 Å². The Morgan fingerprint density at radius 1 is 0.373 bits per heavy atom. The number of carbonyl (C=O) groups excluding carboxylic acids is 2. The summed E-state index contributed by atoms with van der Waals surface area (Å²) in [5.74, 6) is -2.07. The van der Waals surface area contributed by atoms with Crippen molar-refractivity contribution >= 4 is 17.9 Å². The van der Waals surface area contributed by atoms with Gasteiger partial charge in [-0.25, -0.2) is 4.79 Å². The molecule has 0 aromatic carbocycles. The van der Waals surface area contributed by atoms with Gasteiger partial charge in [-0.05, 0) is 116 Å². The van der Waals surface area contributed by atoms with Crippen molar-refractivity contribution in [3.63, 3.8) is 0 Å². The summed E-state index contributed by atoms with van der Waals surface area (Å²) in [4.78, 5) is 37.6. The molecule has 0 amide bonds. The molecule has 0 spiro atoms. The lowest BCUT2D eigenvalue weighted by Crippen LogP contribution is -2.40. The number of aliphatic carboxylic acids is 1. The lowest BCUT2D eigenvalue weighted by atomic mass is 10.0. The second-order valence-corrected chi connectivity index (χ2v) is 23.0. The topological polar surface area (TPSA) is 108 Å². The normalized spacial score (nSPS) is 13.6. The molecule has 0 radical (unpaired) electrons. The maximum Gasteiger partial charge on any atom is 0.361 e. The molecule has 2 atom stereocenters. The number of unbranched alkanes of at least 4 members (excludes halogenated alkanes) is 23. The molecule has 0 bridgehead atoms. The van der Waals surface area contributed by atoms with Gasteiger partial charge in [0, 0.05) is 12.8 Å². The van der Waals surface area contributed by atoms with Crippen molar-refractivity contribution in [2.75, 3.05) is 47.5 Å². The van der Waals surface area contributed by atoms with Crippen LogP contribution in [0.15, 0.2) is 134 Å². The quantitative estimate of drug-likeness (QED) is 0.0211. The van der Waals surface area contributed by atoms with Gasteiger partial charge in [0.25, 0.3) is 6.29 Å². The number of quaternary nitrogens is 1. The number of ether oxygens (including phenoxy) is 4. The lowest BCUT2D eigenvalue weighted by molar-refractivity contribution is -0.870. The molecule has 0 aliphatic heterocycles. The van der Waals surface area contributed by atoms with Gasteiger partial charge < -0.3 is 28.5 Å². The number of hydrogen-bond donors (Lipinski definition) is 1. The number of esters is 2. The highest BCUT2D eigenvalue weighted by molar-refractivity contribution is 5.71. The SMILES string of the molecule is CC/C=C\C/C=C\C/C=C\C/C=C\C/C=C\C/C=C\C/C=C\C/C=C\CCCCC(=O)OC(COC(=O)CCCCCCCCCCCCCCCCCC/C=C\C/C=C\C/C=C\CCCCCCC)COC(OCC[N+](C)(C)C)C(=O)O. The van der Waals surface area contributed by atoms with Crippen LogP contribution < -0.4 is 0 Å². The van der Waals surface area contributed by atoms with Crippen LogP contribution in [0.1, 0.15) is 258 Å². The Morgan fingerprint density at radius 3 is 1.05 bits per heavy atom. The second kappa shape index (κ2) is 63.5. The highest BCUT2D eigenvalue weighted by atomic mass is 16.7. The second-order valence-electron chi connectivity index (χ2n) is 23.0. The molecule has 0 saturated heterocycles. The molecular weight excluding hydrogens is 1030 g/mol. The van der Waals surface area contributed by atoms with E-state index in [-0.39, 0.29) is 38.6 Å². The van der Waals surface area contributed by atoms with Crippen molar-refractivity contribution in [1.82, 2.24) is 0 Å². The zero-order valence-electron chi connectivity index (χ0n) is 53.8. The van der Waals surface area contributed by atoms with E-state index in [4.69, 9.17) is 18.9 Å². The number of allylic oxidation sites excluding steroid dienone is 22. The Balaban J connectivity index is 4.25. The van der Waals surface area contributed by atoms with E-state index in [0.29, 0.717) is 17.4 Å². The van der Waals surface area contributed by atoms with Gasteiger partial charge in [-0.3, -0.25) is 9.59 Å². The van der Waals surface area contributed by atoms with Crippen molar-refractivity contribution in [2.45, 2.75) is 270 Å². The van der Waals surface area contributed by atoms with E-state index in [9.17, 15) is 19.5 Å². The first-order chi connectivity index (χ1) is 40.6. The molecule has 472 valence electrons. The van der Waals surface area contributed by atoms with Crippen molar-refractivity contribution in [3.8, 4) is 0 Å². The first-order valence-electron chi connectivity index (χ1n) is 33.3. The minimum atomic E-state index is -1.53. The van der Waals surface area contributed by atoms with Crippen LogP contribution in [0.2, 0.25) is 0 Å². The van der Waals surface area contributed by atoms with Crippen molar-refractivity contribution in [3.05, 3.63) is 134 Å². The summed E-state index contributed by atoms with van der Waals surface area (Å²) in [7, 11) is 5.95. The monoisotopic (exact) mass is 1150 g/mol. The summed E-state index contributed by atoms with van der Waals surface area (Å²) in [6, 6.07) is 0. The highest BCUT2D eigenvalue weighted by Gasteiger charge is 2.25. The molecular formula is C74H124NO8+. The van der Waals surface area contributed by atoms with Crippen LogP contribution in [0.5, 0.6) is 0 Å². The predicted molar refractivity (Wildman–Crippen MR) is 354 cm³/mol. The summed E-state index contributed by atoms with van der Waals surface area (Å²) in [5, 5.41) is 9.73. The number of carbonyl (C=O) groups is 3. The number of nitrogens with zero attached hydrogens (tertiary/aromatic N) is 1. The fraction of sp³-hybridized carbons (Fsp3) is 0.662. The van der Waals surface area contributed by atoms with Gasteiger partial charge in [0.05, 0.1) is 34.4 Å². The van der Waals surface area contributed by atoms with Gasteiger partial charge in [-0.15, -0.1) is 0 Å². The Labute approximate surface area is 509 Å². The van der Waals surface area contributed by atoms with Crippen molar-refractivity contribution < 1.29 is 42.9 Å². The summed E-state index contributed by atoms with van der Waals surface area (Å²) < 4.78 is 22.9. The fourth-order valence-corrected chi connectivity index (χ4v) is 8.80. The first-order valence-corrected chi connectivity index (χ1v) is 33.3. The number of likely N-dealkylation sites (N-methyl/N-ethyl adjacent to an activating group) is 1. The van der Waals surface area contributed by atoms with Crippen LogP contribution >= 0.6 is 0 Å². The molecule has 0 heterocycles. The molecule has 0 aliphatic carbocycles. The first kappa shape index (κ1) is 78.4. The average Bonchev–Trinajstić information content (AvgIpc) is 3.46. The molecule has 1 N–H and O–H groups in total. The van der Waals surface area contributed by atoms with Crippen molar-refractivity contribution in [2.24, 2.45) is 0 Å². The highest BCUT2D eigenvalue weighted by Crippen LogP contribution is 2.16. The number of carboxylic acids is 1. The molecule has 2 unspecified atom stereocenters. The minimum Gasteiger partial charge on any atom is -0.477 e. The van der Waals surface area contributed by atoms with Crippen LogP contribution in [-0.2, 0) is 33.3 Å². The molecule has 9 nitrogen and oxygen atoms in total. The Bertz CT molecular complexity index is 1820. The third-order valence-electron chi connectivity index (χ3n) is 13.9.